The smallest absolute Gasteiger partial charge is 0.309 e. The first-order valence-electron chi connectivity index (χ1n) is 7.57. The Bertz CT molecular complexity index is 616. The van der Waals surface area contributed by atoms with E-state index in [1.807, 2.05) is 13.8 Å². The molecule has 0 radical (unpaired) electrons. The first kappa shape index (κ1) is 17.0. The highest BCUT2D eigenvalue weighted by molar-refractivity contribution is 7.89. The zero-order chi connectivity index (χ0) is 16.3. The lowest BCUT2D eigenvalue weighted by molar-refractivity contribution is -0.149. The van der Waals surface area contributed by atoms with Crippen molar-refractivity contribution in [2.75, 3.05) is 19.7 Å². The molecule has 7 nitrogen and oxygen atoms in total. The minimum absolute atomic E-state index is 0.110. The quantitative estimate of drug-likeness (QED) is 0.763. The summed E-state index contributed by atoms with van der Waals surface area (Å²) >= 11 is 0. The van der Waals surface area contributed by atoms with E-state index >= 15 is 0 Å². The molecule has 1 aromatic rings. The number of piperidine rings is 1. The lowest BCUT2D eigenvalue weighted by Crippen LogP contribution is -2.40. The SMILES string of the molecule is CCOC(=O)C1CCN(S(=O)(=O)c2cnn(C(C)C)c2)CC1. The fraction of sp³-hybridized carbons (Fsp3) is 0.714. The van der Waals surface area contributed by atoms with Crippen LogP contribution in [0.5, 0.6) is 0 Å². The monoisotopic (exact) mass is 329 g/mol. The number of sulfonamides is 1. The molecule has 2 rings (SSSR count). The predicted octanol–water partition coefficient (Wildman–Crippen LogP) is 1.43. The first-order valence-corrected chi connectivity index (χ1v) is 9.01. The molecule has 22 heavy (non-hydrogen) atoms. The van der Waals surface area contributed by atoms with Crippen LogP contribution in [-0.4, -0.2) is 48.2 Å². The minimum Gasteiger partial charge on any atom is -0.466 e. The molecule has 0 unspecified atom stereocenters. The van der Waals surface area contributed by atoms with E-state index in [1.54, 1.807) is 17.8 Å². The lowest BCUT2D eigenvalue weighted by atomic mass is 9.98. The molecule has 0 saturated carbocycles. The van der Waals surface area contributed by atoms with Crippen LogP contribution in [0.1, 0.15) is 39.7 Å². The number of hydrogen-bond donors (Lipinski definition) is 0. The highest BCUT2D eigenvalue weighted by atomic mass is 32.2. The molecule has 0 aromatic carbocycles. The third-order valence-corrected chi connectivity index (χ3v) is 5.67. The van der Waals surface area contributed by atoms with Crippen molar-refractivity contribution in [2.45, 2.75) is 44.6 Å². The van der Waals surface area contributed by atoms with Gasteiger partial charge in [-0.2, -0.15) is 9.40 Å². The standard InChI is InChI=1S/C14H23N3O4S/c1-4-21-14(18)12-5-7-16(8-6-12)22(19,20)13-9-15-17(10-13)11(2)3/h9-12H,4-8H2,1-3H3. The highest BCUT2D eigenvalue weighted by Gasteiger charge is 2.33. The average molecular weight is 329 g/mol. The van der Waals surface area contributed by atoms with Gasteiger partial charge in [-0.1, -0.05) is 0 Å². The number of rotatable bonds is 5. The molecular formula is C14H23N3O4S. The molecule has 1 aromatic heterocycles. The van der Waals surface area contributed by atoms with Gasteiger partial charge in [0.2, 0.25) is 10.0 Å². The molecule has 0 amide bonds. The van der Waals surface area contributed by atoms with Crippen molar-refractivity contribution in [1.29, 1.82) is 0 Å². The molecule has 0 bridgehead atoms. The van der Waals surface area contributed by atoms with E-state index in [1.165, 1.54) is 10.5 Å². The van der Waals surface area contributed by atoms with Crippen LogP contribution in [0.25, 0.3) is 0 Å². The maximum Gasteiger partial charge on any atom is 0.309 e. The molecule has 0 aliphatic carbocycles. The molecule has 1 aliphatic heterocycles. The van der Waals surface area contributed by atoms with Crippen molar-refractivity contribution in [2.24, 2.45) is 5.92 Å². The zero-order valence-electron chi connectivity index (χ0n) is 13.2. The van der Waals surface area contributed by atoms with Crippen LogP contribution in [0.2, 0.25) is 0 Å². The molecule has 124 valence electrons. The Labute approximate surface area is 131 Å². The van der Waals surface area contributed by atoms with Gasteiger partial charge in [-0.3, -0.25) is 9.48 Å². The Hall–Kier alpha value is -1.41. The molecule has 0 N–H and O–H groups in total. The maximum absolute atomic E-state index is 12.6. The van der Waals surface area contributed by atoms with Crippen LogP contribution < -0.4 is 0 Å². The van der Waals surface area contributed by atoms with Crippen molar-refractivity contribution in [3.05, 3.63) is 12.4 Å². The summed E-state index contributed by atoms with van der Waals surface area (Å²) in [5, 5.41) is 4.08. The highest BCUT2D eigenvalue weighted by Crippen LogP contribution is 2.24. The van der Waals surface area contributed by atoms with E-state index in [4.69, 9.17) is 4.74 Å². The summed E-state index contributed by atoms with van der Waals surface area (Å²) in [6, 6.07) is 0.110. The van der Waals surface area contributed by atoms with Gasteiger partial charge in [-0.05, 0) is 33.6 Å². The molecule has 0 atom stereocenters. The van der Waals surface area contributed by atoms with Crippen molar-refractivity contribution in [3.8, 4) is 0 Å². The van der Waals surface area contributed by atoms with E-state index in [0.29, 0.717) is 32.5 Å². The van der Waals surface area contributed by atoms with Crippen LogP contribution in [0, 0.1) is 5.92 Å². The second-order valence-corrected chi connectivity index (χ2v) is 7.62. The van der Waals surface area contributed by atoms with Gasteiger partial charge in [0, 0.05) is 25.3 Å². The molecule has 1 fully saturated rings. The minimum atomic E-state index is -3.54. The normalized spacial score (nSPS) is 17.8. The summed E-state index contributed by atoms with van der Waals surface area (Å²) in [4.78, 5) is 11.9. The van der Waals surface area contributed by atoms with Crippen molar-refractivity contribution >= 4 is 16.0 Å². The molecule has 2 heterocycles. The van der Waals surface area contributed by atoms with Gasteiger partial charge in [0.25, 0.3) is 0 Å². The lowest BCUT2D eigenvalue weighted by Gasteiger charge is -2.29. The van der Waals surface area contributed by atoms with Crippen LogP contribution >= 0.6 is 0 Å². The van der Waals surface area contributed by atoms with E-state index in [-0.39, 0.29) is 22.8 Å². The van der Waals surface area contributed by atoms with Crippen molar-refractivity contribution in [3.63, 3.8) is 0 Å². The molecule has 0 spiro atoms. The molecule has 8 heteroatoms. The number of nitrogens with zero attached hydrogens (tertiary/aromatic N) is 3. The number of ether oxygens (including phenoxy) is 1. The predicted molar refractivity (Wildman–Crippen MR) is 80.7 cm³/mol. The van der Waals surface area contributed by atoms with Gasteiger partial charge in [0.15, 0.2) is 0 Å². The van der Waals surface area contributed by atoms with Gasteiger partial charge in [-0.25, -0.2) is 8.42 Å². The van der Waals surface area contributed by atoms with Gasteiger partial charge in [-0.15, -0.1) is 0 Å². The fourth-order valence-electron chi connectivity index (χ4n) is 2.48. The number of aromatic nitrogens is 2. The van der Waals surface area contributed by atoms with E-state index in [0.717, 1.165) is 0 Å². The average Bonchev–Trinajstić information content (AvgIpc) is 2.98. The maximum atomic E-state index is 12.6. The van der Waals surface area contributed by atoms with Gasteiger partial charge >= 0.3 is 5.97 Å². The van der Waals surface area contributed by atoms with Crippen LogP contribution in [0.3, 0.4) is 0 Å². The first-order chi connectivity index (χ1) is 10.4. The number of hydrogen-bond acceptors (Lipinski definition) is 5. The van der Waals surface area contributed by atoms with E-state index < -0.39 is 10.0 Å². The third-order valence-electron chi connectivity index (χ3n) is 3.82. The van der Waals surface area contributed by atoms with Crippen LogP contribution in [0.4, 0.5) is 0 Å². The summed E-state index contributed by atoms with van der Waals surface area (Å²) in [6.45, 7) is 6.66. The van der Waals surface area contributed by atoms with Gasteiger partial charge in [0.1, 0.15) is 4.90 Å². The summed E-state index contributed by atoms with van der Waals surface area (Å²) < 4.78 is 33.2. The number of carbonyl (C=O) groups excluding carboxylic acids is 1. The van der Waals surface area contributed by atoms with Crippen molar-refractivity contribution < 1.29 is 17.9 Å². The molecular weight excluding hydrogens is 306 g/mol. The van der Waals surface area contributed by atoms with E-state index in [2.05, 4.69) is 5.10 Å². The molecule has 1 saturated heterocycles. The Morgan fingerprint density at radius 1 is 1.41 bits per heavy atom. The van der Waals surface area contributed by atoms with Crippen LogP contribution in [0.15, 0.2) is 17.3 Å². The summed E-state index contributed by atoms with van der Waals surface area (Å²) in [7, 11) is -3.54. The Balaban J connectivity index is 2.04. The van der Waals surface area contributed by atoms with Crippen molar-refractivity contribution in [1.82, 2.24) is 14.1 Å². The summed E-state index contributed by atoms with van der Waals surface area (Å²) in [6.07, 6.45) is 3.93. The third kappa shape index (κ3) is 3.49. The topological polar surface area (TPSA) is 81.5 Å². The Morgan fingerprint density at radius 2 is 2.05 bits per heavy atom. The Kier molecular flexibility index (Phi) is 5.23. The fourth-order valence-corrected chi connectivity index (χ4v) is 3.89. The molecule has 1 aliphatic rings. The van der Waals surface area contributed by atoms with Gasteiger partial charge in [0.05, 0.1) is 18.7 Å². The van der Waals surface area contributed by atoms with Crippen LogP contribution in [-0.2, 0) is 19.6 Å². The van der Waals surface area contributed by atoms with Gasteiger partial charge < -0.3 is 4.74 Å². The number of esters is 1. The summed E-state index contributed by atoms with van der Waals surface area (Å²) in [5.41, 5.74) is 0. The largest absolute Gasteiger partial charge is 0.466 e. The Morgan fingerprint density at radius 3 is 2.55 bits per heavy atom. The van der Waals surface area contributed by atoms with E-state index in [9.17, 15) is 13.2 Å². The summed E-state index contributed by atoms with van der Waals surface area (Å²) in [5.74, 6) is -0.433. The second-order valence-electron chi connectivity index (χ2n) is 5.68. The zero-order valence-corrected chi connectivity index (χ0v) is 14.0. The number of carbonyl (C=O) groups is 1. The second kappa shape index (κ2) is 6.78.